The zero-order valence-corrected chi connectivity index (χ0v) is 13.3. The molecule has 2 aliphatic heterocycles. The van der Waals surface area contributed by atoms with Gasteiger partial charge >= 0.3 is 6.09 Å². The maximum Gasteiger partial charge on any atom is 0.411 e. The molecule has 0 radical (unpaired) electrons. The number of pyridine rings is 1. The molecule has 2 aliphatic rings. The van der Waals surface area contributed by atoms with Gasteiger partial charge in [-0.2, -0.15) is 0 Å². The molecule has 1 aromatic rings. The second-order valence-corrected chi connectivity index (χ2v) is 6.76. The molecule has 2 atom stereocenters. The number of fused-ring (bicyclic) bond motifs is 2. The molecule has 2 bridgehead atoms. The van der Waals surface area contributed by atoms with Gasteiger partial charge in [-0.15, -0.1) is 0 Å². The van der Waals surface area contributed by atoms with Crippen molar-refractivity contribution in [1.29, 1.82) is 0 Å². The van der Waals surface area contributed by atoms with Gasteiger partial charge in [0, 0.05) is 6.20 Å². The SMILES string of the molecule is CC(C)(C)OC(=O)N1C2C=C(c3ccccn3)CC1COC2. The number of ether oxygens (including phenoxy) is 2. The van der Waals surface area contributed by atoms with Gasteiger partial charge in [0.25, 0.3) is 0 Å². The lowest BCUT2D eigenvalue weighted by atomic mass is 9.92. The average Bonchev–Trinajstić information content (AvgIpc) is 2.45. The van der Waals surface area contributed by atoms with E-state index in [0.29, 0.717) is 13.2 Å². The summed E-state index contributed by atoms with van der Waals surface area (Å²) >= 11 is 0. The van der Waals surface area contributed by atoms with E-state index in [9.17, 15) is 4.79 Å². The fourth-order valence-corrected chi connectivity index (χ4v) is 2.94. The van der Waals surface area contributed by atoms with Gasteiger partial charge in [-0.05, 0) is 44.9 Å². The summed E-state index contributed by atoms with van der Waals surface area (Å²) in [6.45, 7) is 6.70. The third-order valence-corrected chi connectivity index (χ3v) is 3.80. The molecule has 3 heterocycles. The highest BCUT2D eigenvalue weighted by atomic mass is 16.6. The van der Waals surface area contributed by atoms with E-state index in [-0.39, 0.29) is 18.2 Å². The van der Waals surface area contributed by atoms with Crippen LogP contribution in [0.2, 0.25) is 0 Å². The van der Waals surface area contributed by atoms with Gasteiger partial charge in [0.1, 0.15) is 5.60 Å². The molecular weight excluding hydrogens is 280 g/mol. The smallest absolute Gasteiger partial charge is 0.411 e. The molecule has 0 aliphatic carbocycles. The predicted octanol–water partition coefficient (Wildman–Crippen LogP) is 2.87. The molecule has 22 heavy (non-hydrogen) atoms. The Bertz CT molecular complexity index is 577. The minimum atomic E-state index is -0.489. The van der Waals surface area contributed by atoms with Gasteiger partial charge in [-0.25, -0.2) is 4.79 Å². The summed E-state index contributed by atoms with van der Waals surface area (Å²) in [5.41, 5.74) is 1.67. The van der Waals surface area contributed by atoms with Crippen LogP contribution in [0.5, 0.6) is 0 Å². The Morgan fingerprint density at radius 2 is 2.18 bits per heavy atom. The molecule has 1 saturated heterocycles. The van der Waals surface area contributed by atoms with E-state index < -0.39 is 5.60 Å². The van der Waals surface area contributed by atoms with Crippen molar-refractivity contribution in [2.75, 3.05) is 13.2 Å². The number of carbonyl (C=O) groups is 1. The highest BCUT2D eigenvalue weighted by Gasteiger charge is 2.40. The number of nitrogens with zero attached hydrogens (tertiary/aromatic N) is 2. The number of morpholine rings is 1. The van der Waals surface area contributed by atoms with Crippen molar-refractivity contribution in [2.45, 2.75) is 44.9 Å². The van der Waals surface area contributed by atoms with E-state index in [1.54, 1.807) is 6.20 Å². The molecular formula is C17H22N2O3. The molecule has 5 heteroatoms. The number of amides is 1. The van der Waals surface area contributed by atoms with Gasteiger partial charge in [0.2, 0.25) is 0 Å². The lowest BCUT2D eigenvalue weighted by Gasteiger charge is -2.44. The second-order valence-electron chi connectivity index (χ2n) is 6.76. The fraction of sp³-hybridized carbons (Fsp3) is 0.529. The quantitative estimate of drug-likeness (QED) is 0.800. The standard InChI is InChI=1S/C17H22N2O3/c1-17(2,3)22-16(20)19-13-8-12(9-14(19)11-21-10-13)15-6-4-5-7-18-15/h4-8,13-14H,9-11H2,1-3H3. The fourth-order valence-electron chi connectivity index (χ4n) is 2.94. The highest BCUT2D eigenvalue weighted by Crippen LogP contribution is 2.32. The largest absolute Gasteiger partial charge is 0.444 e. The van der Waals surface area contributed by atoms with Gasteiger partial charge in [-0.3, -0.25) is 9.88 Å². The molecule has 0 spiro atoms. The van der Waals surface area contributed by atoms with Crippen molar-refractivity contribution in [3.63, 3.8) is 0 Å². The Kier molecular flexibility index (Phi) is 3.91. The van der Waals surface area contributed by atoms with Crippen molar-refractivity contribution >= 4 is 11.7 Å². The Morgan fingerprint density at radius 1 is 1.36 bits per heavy atom. The van der Waals surface area contributed by atoms with Crippen LogP contribution in [0, 0.1) is 0 Å². The lowest BCUT2D eigenvalue weighted by molar-refractivity contribution is -0.0511. The summed E-state index contributed by atoms with van der Waals surface area (Å²) in [5.74, 6) is 0. The molecule has 5 nitrogen and oxygen atoms in total. The average molecular weight is 302 g/mol. The van der Waals surface area contributed by atoms with Gasteiger partial charge in [-0.1, -0.05) is 12.1 Å². The molecule has 2 unspecified atom stereocenters. The number of aromatic nitrogens is 1. The second kappa shape index (κ2) is 5.72. The maximum absolute atomic E-state index is 12.5. The molecule has 0 N–H and O–H groups in total. The van der Waals surface area contributed by atoms with E-state index in [4.69, 9.17) is 9.47 Å². The highest BCUT2D eigenvalue weighted by molar-refractivity contribution is 5.74. The van der Waals surface area contributed by atoms with Crippen LogP contribution in [0.4, 0.5) is 4.79 Å². The number of hydrogen-bond donors (Lipinski definition) is 0. The van der Waals surface area contributed by atoms with E-state index in [1.807, 2.05) is 43.9 Å². The van der Waals surface area contributed by atoms with Crippen LogP contribution in [0.1, 0.15) is 32.9 Å². The molecule has 0 saturated carbocycles. The van der Waals surface area contributed by atoms with Gasteiger partial charge in [0.05, 0.1) is 31.0 Å². The predicted molar refractivity (Wildman–Crippen MR) is 83.3 cm³/mol. The molecule has 0 aromatic carbocycles. The van der Waals surface area contributed by atoms with E-state index in [0.717, 1.165) is 12.1 Å². The minimum Gasteiger partial charge on any atom is -0.444 e. The van der Waals surface area contributed by atoms with Crippen LogP contribution in [0.15, 0.2) is 30.5 Å². The first-order valence-corrected chi connectivity index (χ1v) is 7.65. The number of hydrogen-bond acceptors (Lipinski definition) is 4. The normalized spacial score (nSPS) is 24.7. The number of carbonyl (C=O) groups excluding carboxylic acids is 1. The van der Waals surface area contributed by atoms with E-state index in [1.165, 1.54) is 5.57 Å². The minimum absolute atomic E-state index is 0.00982. The Morgan fingerprint density at radius 3 is 2.82 bits per heavy atom. The molecule has 118 valence electrons. The Balaban J connectivity index is 1.84. The first-order chi connectivity index (χ1) is 10.4. The van der Waals surface area contributed by atoms with Crippen LogP contribution in [-0.2, 0) is 9.47 Å². The summed E-state index contributed by atoms with van der Waals surface area (Å²) in [6, 6.07) is 5.82. The van der Waals surface area contributed by atoms with Gasteiger partial charge in [0.15, 0.2) is 0 Å². The number of rotatable bonds is 1. The Hall–Kier alpha value is -1.88. The first-order valence-electron chi connectivity index (χ1n) is 7.65. The van der Waals surface area contributed by atoms with Crippen molar-refractivity contribution in [3.05, 3.63) is 36.2 Å². The van der Waals surface area contributed by atoms with Crippen molar-refractivity contribution in [3.8, 4) is 0 Å². The maximum atomic E-state index is 12.5. The Labute approximate surface area is 130 Å². The van der Waals surface area contributed by atoms with E-state index >= 15 is 0 Å². The van der Waals surface area contributed by atoms with Crippen LogP contribution in [0.25, 0.3) is 5.57 Å². The van der Waals surface area contributed by atoms with Crippen LogP contribution in [-0.4, -0.2) is 46.9 Å². The van der Waals surface area contributed by atoms with Crippen LogP contribution in [0.3, 0.4) is 0 Å². The topological polar surface area (TPSA) is 51.7 Å². The molecule has 3 rings (SSSR count). The van der Waals surface area contributed by atoms with Crippen molar-refractivity contribution in [1.82, 2.24) is 9.88 Å². The zero-order valence-electron chi connectivity index (χ0n) is 13.3. The summed E-state index contributed by atoms with van der Waals surface area (Å²) in [7, 11) is 0. The zero-order chi connectivity index (χ0) is 15.7. The monoisotopic (exact) mass is 302 g/mol. The summed E-state index contributed by atoms with van der Waals surface area (Å²) < 4.78 is 11.2. The van der Waals surface area contributed by atoms with E-state index in [2.05, 4.69) is 11.1 Å². The molecule has 1 amide bonds. The first kappa shape index (κ1) is 15.0. The molecule has 1 fully saturated rings. The van der Waals surface area contributed by atoms with Crippen LogP contribution >= 0.6 is 0 Å². The lowest BCUT2D eigenvalue weighted by Crippen LogP contribution is -2.57. The summed E-state index contributed by atoms with van der Waals surface area (Å²) in [6.07, 6.45) is 4.36. The molecule has 1 aromatic heterocycles. The summed E-state index contributed by atoms with van der Waals surface area (Å²) in [5, 5.41) is 0. The van der Waals surface area contributed by atoms with Crippen LogP contribution < -0.4 is 0 Å². The summed E-state index contributed by atoms with van der Waals surface area (Å²) in [4.78, 5) is 18.7. The van der Waals surface area contributed by atoms with Crippen molar-refractivity contribution in [2.24, 2.45) is 0 Å². The third kappa shape index (κ3) is 3.14. The van der Waals surface area contributed by atoms with Gasteiger partial charge < -0.3 is 9.47 Å². The van der Waals surface area contributed by atoms with Crippen molar-refractivity contribution < 1.29 is 14.3 Å². The third-order valence-electron chi connectivity index (χ3n) is 3.80.